The van der Waals surface area contributed by atoms with E-state index in [2.05, 4.69) is 16.4 Å². The normalized spacial score (nSPS) is 35.4. The molecule has 10 heteroatoms. The average Bonchev–Trinajstić information content (AvgIpc) is 2.82. The summed E-state index contributed by atoms with van der Waals surface area (Å²) in [5, 5.41) is 0. The highest BCUT2D eigenvalue weighted by molar-refractivity contribution is 7.91. The molecule has 1 heterocycles. The van der Waals surface area contributed by atoms with Gasteiger partial charge in [0.1, 0.15) is 4.75 Å². The Morgan fingerprint density at radius 1 is 1.21 bits per heavy atom. The molecule has 0 bridgehead atoms. The topological polar surface area (TPSA) is 111 Å². The maximum Gasteiger partial charge on any atom is 0.220 e. The first-order valence-electron chi connectivity index (χ1n) is 10.1. The molecule has 4 atom stereocenters. The second-order valence-electron chi connectivity index (χ2n) is 8.17. The maximum atomic E-state index is 13.4. The van der Waals surface area contributed by atoms with Crippen LogP contribution in [-0.2, 0) is 29.5 Å². The van der Waals surface area contributed by atoms with Crippen LogP contribution < -0.4 is 9.44 Å². The Bertz CT molecular complexity index is 726. The smallest absolute Gasteiger partial charge is 0.220 e. The van der Waals surface area contributed by atoms with E-state index < -0.39 is 42.4 Å². The van der Waals surface area contributed by atoms with Gasteiger partial charge in [-0.2, -0.15) is 0 Å². The van der Waals surface area contributed by atoms with Crippen molar-refractivity contribution in [3.63, 3.8) is 0 Å². The lowest BCUT2D eigenvalue weighted by atomic mass is 9.62. The standard InChI is InChI=1S/C18H36N2O6S2/c1-5-7-10-17(6-2)14-19-28(23,24)18(17)13-15(20-27(4,21)22)8-9-16(18)26-12-11-25-3/h15-16,19-20H,5-14H2,1-4H3. The molecule has 0 radical (unpaired) electrons. The van der Waals surface area contributed by atoms with Crippen LogP contribution in [0.3, 0.4) is 0 Å². The Balaban J connectivity index is 2.50. The summed E-state index contributed by atoms with van der Waals surface area (Å²) < 4.78 is 66.0. The van der Waals surface area contributed by atoms with Crippen LogP contribution in [0.1, 0.15) is 58.8 Å². The van der Waals surface area contributed by atoms with Crippen LogP contribution in [0.4, 0.5) is 0 Å². The predicted octanol–water partition coefficient (Wildman–Crippen LogP) is 1.38. The van der Waals surface area contributed by atoms with E-state index in [1.807, 2.05) is 6.92 Å². The van der Waals surface area contributed by atoms with E-state index >= 15 is 0 Å². The minimum atomic E-state index is -3.69. The SMILES string of the molecule is CCCCC1(CC)CNS(=O)(=O)C12CC(NS(C)(=O)=O)CCC2OCCOC. The Morgan fingerprint density at radius 3 is 2.50 bits per heavy atom. The minimum absolute atomic E-state index is 0.227. The molecule has 0 amide bonds. The molecule has 28 heavy (non-hydrogen) atoms. The van der Waals surface area contributed by atoms with E-state index in [-0.39, 0.29) is 6.42 Å². The molecule has 2 N–H and O–H groups in total. The molecular weight excluding hydrogens is 404 g/mol. The zero-order valence-electron chi connectivity index (χ0n) is 17.5. The highest BCUT2D eigenvalue weighted by Gasteiger charge is 2.68. The Labute approximate surface area is 170 Å². The van der Waals surface area contributed by atoms with Crippen LogP contribution in [0.25, 0.3) is 0 Å². The first-order valence-corrected chi connectivity index (χ1v) is 13.5. The first kappa shape index (κ1) is 24.0. The zero-order valence-corrected chi connectivity index (χ0v) is 19.1. The molecular formula is C18H36N2O6S2. The molecule has 0 aromatic rings. The number of nitrogens with one attached hydrogen (secondary N) is 2. The van der Waals surface area contributed by atoms with Crippen molar-refractivity contribution in [1.82, 2.24) is 9.44 Å². The average molecular weight is 441 g/mol. The van der Waals surface area contributed by atoms with Gasteiger partial charge in [0.2, 0.25) is 20.0 Å². The Hall–Kier alpha value is -0.260. The second-order valence-corrected chi connectivity index (χ2v) is 12.0. The van der Waals surface area contributed by atoms with E-state index in [4.69, 9.17) is 9.47 Å². The monoisotopic (exact) mass is 440 g/mol. The molecule has 8 nitrogen and oxygen atoms in total. The van der Waals surface area contributed by atoms with E-state index in [0.717, 1.165) is 25.5 Å². The summed E-state index contributed by atoms with van der Waals surface area (Å²) in [6.45, 7) is 5.20. The van der Waals surface area contributed by atoms with E-state index in [9.17, 15) is 16.8 Å². The van der Waals surface area contributed by atoms with Crippen LogP contribution in [0.15, 0.2) is 0 Å². The molecule has 1 aliphatic heterocycles. The molecule has 2 rings (SSSR count). The van der Waals surface area contributed by atoms with E-state index in [1.54, 1.807) is 7.11 Å². The molecule has 0 aromatic carbocycles. The number of rotatable bonds is 10. The van der Waals surface area contributed by atoms with Crippen LogP contribution in [0.2, 0.25) is 0 Å². The van der Waals surface area contributed by atoms with Crippen molar-refractivity contribution in [3.8, 4) is 0 Å². The molecule has 1 aliphatic carbocycles. The van der Waals surface area contributed by atoms with Gasteiger partial charge < -0.3 is 9.47 Å². The molecule has 0 aromatic heterocycles. The quantitative estimate of drug-likeness (QED) is 0.497. The zero-order chi connectivity index (χ0) is 21.1. The number of sulfonamides is 2. The maximum absolute atomic E-state index is 13.4. The van der Waals surface area contributed by atoms with Gasteiger partial charge in [-0.3, -0.25) is 0 Å². The molecule has 166 valence electrons. The largest absolute Gasteiger partial charge is 0.382 e. The summed E-state index contributed by atoms with van der Waals surface area (Å²) >= 11 is 0. The van der Waals surface area contributed by atoms with Gasteiger partial charge in [0.25, 0.3) is 0 Å². The molecule has 2 aliphatic rings. The van der Waals surface area contributed by atoms with Crippen molar-refractivity contribution in [2.75, 3.05) is 33.1 Å². The van der Waals surface area contributed by atoms with Gasteiger partial charge in [0.15, 0.2) is 0 Å². The number of methoxy groups -OCH3 is 1. The lowest BCUT2D eigenvalue weighted by molar-refractivity contribution is -0.0599. The van der Waals surface area contributed by atoms with Crippen molar-refractivity contribution in [2.24, 2.45) is 5.41 Å². The van der Waals surface area contributed by atoms with Gasteiger partial charge in [-0.25, -0.2) is 26.3 Å². The van der Waals surface area contributed by atoms with Gasteiger partial charge in [-0.05, 0) is 32.1 Å². The fourth-order valence-corrected chi connectivity index (χ4v) is 8.51. The van der Waals surface area contributed by atoms with E-state index in [0.29, 0.717) is 39.0 Å². The Morgan fingerprint density at radius 2 is 1.93 bits per heavy atom. The molecule has 1 saturated heterocycles. The third-order valence-electron chi connectivity index (χ3n) is 6.50. The van der Waals surface area contributed by atoms with Crippen LogP contribution in [0.5, 0.6) is 0 Å². The summed E-state index contributed by atoms with van der Waals surface area (Å²) in [7, 11) is -5.54. The second kappa shape index (κ2) is 9.26. The molecule has 1 spiro atoms. The van der Waals surface area contributed by atoms with Gasteiger partial charge in [0, 0.05) is 25.1 Å². The summed E-state index contributed by atoms with van der Waals surface area (Å²) in [6, 6.07) is -0.417. The van der Waals surface area contributed by atoms with Crippen molar-refractivity contribution in [2.45, 2.75) is 75.7 Å². The number of ether oxygens (including phenoxy) is 2. The fourth-order valence-electron chi connectivity index (χ4n) is 5.13. The minimum Gasteiger partial charge on any atom is -0.382 e. The van der Waals surface area contributed by atoms with Crippen LogP contribution in [-0.4, -0.2) is 66.9 Å². The first-order chi connectivity index (χ1) is 13.1. The summed E-state index contributed by atoms with van der Waals surface area (Å²) in [6.07, 6.45) is 5.24. The van der Waals surface area contributed by atoms with Gasteiger partial charge in [-0.1, -0.05) is 26.7 Å². The molecule has 1 saturated carbocycles. The highest BCUT2D eigenvalue weighted by atomic mass is 32.2. The number of hydrogen-bond donors (Lipinski definition) is 2. The molecule has 4 unspecified atom stereocenters. The molecule has 2 fully saturated rings. The van der Waals surface area contributed by atoms with Gasteiger partial charge in [0.05, 0.1) is 25.6 Å². The number of unbranched alkanes of at least 4 members (excludes halogenated alkanes) is 1. The third kappa shape index (κ3) is 4.57. The Kier molecular flexibility index (Phi) is 7.94. The van der Waals surface area contributed by atoms with Crippen LogP contribution >= 0.6 is 0 Å². The van der Waals surface area contributed by atoms with E-state index in [1.165, 1.54) is 0 Å². The van der Waals surface area contributed by atoms with Crippen LogP contribution in [0, 0.1) is 5.41 Å². The van der Waals surface area contributed by atoms with Crippen molar-refractivity contribution < 1.29 is 26.3 Å². The third-order valence-corrected chi connectivity index (χ3v) is 9.61. The fraction of sp³-hybridized carbons (Fsp3) is 1.00. The lowest BCUT2D eigenvalue weighted by Crippen LogP contribution is -2.64. The van der Waals surface area contributed by atoms with Crippen molar-refractivity contribution in [1.29, 1.82) is 0 Å². The summed E-state index contributed by atoms with van der Waals surface area (Å²) in [5.74, 6) is 0. The summed E-state index contributed by atoms with van der Waals surface area (Å²) in [5.41, 5.74) is -0.489. The number of hydrogen-bond acceptors (Lipinski definition) is 6. The van der Waals surface area contributed by atoms with Crippen molar-refractivity contribution >= 4 is 20.0 Å². The summed E-state index contributed by atoms with van der Waals surface area (Å²) in [4.78, 5) is 0. The lowest BCUT2D eigenvalue weighted by Gasteiger charge is -2.52. The highest BCUT2D eigenvalue weighted by Crippen LogP contribution is 2.56. The predicted molar refractivity (Wildman–Crippen MR) is 109 cm³/mol. The van der Waals surface area contributed by atoms with Gasteiger partial charge in [-0.15, -0.1) is 0 Å². The van der Waals surface area contributed by atoms with Gasteiger partial charge >= 0.3 is 0 Å². The van der Waals surface area contributed by atoms with Crippen molar-refractivity contribution in [3.05, 3.63) is 0 Å².